The lowest BCUT2D eigenvalue weighted by molar-refractivity contribution is 0.228. The highest BCUT2D eigenvalue weighted by Gasteiger charge is 2.22. The molecule has 2 aromatic heterocycles. The Balaban J connectivity index is 1.23. The van der Waals surface area contributed by atoms with Crippen molar-refractivity contribution in [2.75, 3.05) is 62.2 Å². The van der Waals surface area contributed by atoms with Gasteiger partial charge in [0.1, 0.15) is 17.7 Å². The second-order valence-corrected chi connectivity index (χ2v) is 8.17. The molecule has 5 rings (SSSR count). The van der Waals surface area contributed by atoms with Crippen LogP contribution in [0.1, 0.15) is 17.1 Å². The number of hydrogen-bond acceptors (Lipinski definition) is 8. The molecule has 0 amide bonds. The van der Waals surface area contributed by atoms with Gasteiger partial charge in [0.05, 0.1) is 6.54 Å². The van der Waals surface area contributed by atoms with E-state index in [1.165, 1.54) is 11.3 Å². The van der Waals surface area contributed by atoms with Crippen molar-refractivity contribution < 1.29 is 4.42 Å². The molecule has 0 saturated carbocycles. The standard InChI is InChI=1S/C22H29N7O/c1-16-17(2)24-15-25-22(16)29-11-9-27(10-12-29)14-21-26-19-4-3-18(13-20(19)30-21)28-7-5-23-6-8-28/h3-4,13,15,23H,5-12,14H2,1-2H3. The summed E-state index contributed by atoms with van der Waals surface area (Å²) in [7, 11) is 0. The molecule has 0 radical (unpaired) electrons. The maximum Gasteiger partial charge on any atom is 0.209 e. The molecule has 4 heterocycles. The Kier molecular flexibility index (Phi) is 5.26. The number of hydrogen-bond donors (Lipinski definition) is 1. The quantitative estimate of drug-likeness (QED) is 0.704. The van der Waals surface area contributed by atoms with Gasteiger partial charge in [0.25, 0.3) is 0 Å². The Labute approximate surface area is 176 Å². The predicted molar refractivity (Wildman–Crippen MR) is 118 cm³/mol. The molecule has 8 nitrogen and oxygen atoms in total. The van der Waals surface area contributed by atoms with E-state index in [4.69, 9.17) is 9.40 Å². The van der Waals surface area contributed by atoms with Crippen molar-refractivity contribution in [3.8, 4) is 0 Å². The van der Waals surface area contributed by atoms with Gasteiger partial charge in [0, 0.05) is 75.4 Å². The number of nitrogens with one attached hydrogen (secondary N) is 1. The molecule has 2 aliphatic heterocycles. The molecule has 0 bridgehead atoms. The first-order chi connectivity index (χ1) is 14.7. The summed E-state index contributed by atoms with van der Waals surface area (Å²) in [4.78, 5) is 20.7. The van der Waals surface area contributed by atoms with Gasteiger partial charge in [-0.1, -0.05) is 0 Å². The number of benzene rings is 1. The summed E-state index contributed by atoms with van der Waals surface area (Å²) in [5, 5.41) is 3.40. The van der Waals surface area contributed by atoms with Crippen LogP contribution in [0.25, 0.3) is 11.1 Å². The normalized spacial score (nSPS) is 18.3. The summed E-state index contributed by atoms with van der Waals surface area (Å²) < 4.78 is 6.12. The molecule has 30 heavy (non-hydrogen) atoms. The minimum atomic E-state index is 0.743. The Morgan fingerprint density at radius 2 is 1.77 bits per heavy atom. The summed E-state index contributed by atoms with van der Waals surface area (Å²) >= 11 is 0. The Morgan fingerprint density at radius 1 is 0.967 bits per heavy atom. The summed E-state index contributed by atoms with van der Waals surface area (Å²) in [5.74, 6) is 1.86. The lowest BCUT2D eigenvalue weighted by Crippen LogP contribution is -2.46. The Bertz CT molecular complexity index is 1020. The van der Waals surface area contributed by atoms with Crippen molar-refractivity contribution >= 4 is 22.6 Å². The number of rotatable bonds is 4. The fourth-order valence-corrected chi connectivity index (χ4v) is 4.30. The highest BCUT2D eigenvalue weighted by Crippen LogP contribution is 2.25. The highest BCUT2D eigenvalue weighted by molar-refractivity contribution is 5.77. The summed E-state index contributed by atoms with van der Waals surface area (Å²) in [6, 6.07) is 6.37. The van der Waals surface area contributed by atoms with Crippen molar-refractivity contribution in [1.82, 2.24) is 25.2 Å². The van der Waals surface area contributed by atoms with Crippen LogP contribution in [0.3, 0.4) is 0 Å². The number of anilines is 2. The number of piperazine rings is 2. The molecule has 2 aliphatic rings. The number of oxazole rings is 1. The third-order valence-electron chi connectivity index (χ3n) is 6.24. The SMILES string of the molecule is Cc1ncnc(N2CCN(Cc3nc4ccc(N5CCNCC5)cc4o3)CC2)c1C. The fraction of sp³-hybridized carbons (Fsp3) is 0.500. The van der Waals surface area contributed by atoms with E-state index in [2.05, 4.69) is 55.1 Å². The van der Waals surface area contributed by atoms with E-state index >= 15 is 0 Å². The molecule has 0 aliphatic carbocycles. The second-order valence-electron chi connectivity index (χ2n) is 8.17. The number of aryl methyl sites for hydroxylation is 1. The van der Waals surface area contributed by atoms with E-state index in [9.17, 15) is 0 Å². The molecule has 158 valence electrons. The average Bonchev–Trinajstić information content (AvgIpc) is 3.18. The lowest BCUT2D eigenvalue weighted by Gasteiger charge is -2.35. The maximum absolute atomic E-state index is 6.12. The smallest absolute Gasteiger partial charge is 0.209 e. The maximum atomic E-state index is 6.12. The third kappa shape index (κ3) is 3.85. The van der Waals surface area contributed by atoms with E-state index in [1.807, 2.05) is 6.92 Å². The molecule has 0 atom stereocenters. The zero-order valence-corrected chi connectivity index (χ0v) is 17.8. The monoisotopic (exact) mass is 407 g/mol. The third-order valence-corrected chi connectivity index (χ3v) is 6.24. The van der Waals surface area contributed by atoms with Crippen LogP contribution in [-0.4, -0.2) is 72.2 Å². The minimum Gasteiger partial charge on any atom is -0.439 e. The first kappa shape index (κ1) is 19.3. The van der Waals surface area contributed by atoms with Crippen LogP contribution < -0.4 is 15.1 Å². The van der Waals surface area contributed by atoms with E-state index in [0.29, 0.717) is 0 Å². The molecule has 0 spiro atoms. The van der Waals surface area contributed by atoms with Crippen molar-refractivity contribution in [3.63, 3.8) is 0 Å². The van der Waals surface area contributed by atoms with Crippen molar-refractivity contribution in [1.29, 1.82) is 0 Å². The predicted octanol–water partition coefficient (Wildman–Crippen LogP) is 1.97. The molecule has 1 aromatic carbocycles. The first-order valence-corrected chi connectivity index (χ1v) is 10.8. The number of nitrogens with zero attached hydrogens (tertiary/aromatic N) is 6. The zero-order chi connectivity index (χ0) is 20.5. The van der Waals surface area contributed by atoms with Gasteiger partial charge in [-0.15, -0.1) is 0 Å². The van der Waals surface area contributed by atoms with Gasteiger partial charge in [0.15, 0.2) is 5.58 Å². The second kappa shape index (κ2) is 8.20. The molecule has 0 unspecified atom stereocenters. The van der Waals surface area contributed by atoms with Crippen LogP contribution in [0.2, 0.25) is 0 Å². The van der Waals surface area contributed by atoms with Crippen molar-refractivity contribution in [2.45, 2.75) is 20.4 Å². The highest BCUT2D eigenvalue weighted by atomic mass is 16.3. The van der Waals surface area contributed by atoms with Crippen LogP contribution in [0.4, 0.5) is 11.5 Å². The van der Waals surface area contributed by atoms with Gasteiger partial charge in [-0.05, 0) is 26.0 Å². The van der Waals surface area contributed by atoms with E-state index in [-0.39, 0.29) is 0 Å². The van der Waals surface area contributed by atoms with E-state index in [1.54, 1.807) is 6.33 Å². The molecule has 2 fully saturated rings. The Hall–Kier alpha value is -2.71. The summed E-state index contributed by atoms with van der Waals surface area (Å²) in [5.41, 5.74) is 5.26. The molecule has 3 aromatic rings. The lowest BCUT2D eigenvalue weighted by atomic mass is 10.2. The summed E-state index contributed by atoms with van der Waals surface area (Å²) in [6.07, 6.45) is 1.66. The van der Waals surface area contributed by atoms with Gasteiger partial charge in [-0.25, -0.2) is 15.0 Å². The average molecular weight is 408 g/mol. The van der Waals surface area contributed by atoms with Crippen LogP contribution in [-0.2, 0) is 6.54 Å². The topological polar surface area (TPSA) is 73.6 Å². The van der Waals surface area contributed by atoms with Crippen molar-refractivity contribution in [2.24, 2.45) is 0 Å². The van der Waals surface area contributed by atoms with Gasteiger partial charge < -0.3 is 19.5 Å². The molecule has 1 N–H and O–H groups in total. The first-order valence-electron chi connectivity index (χ1n) is 10.8. The molecular formula is C22H29N7O. The Morgan fingerprint density at radius 3 is 2.57 bits per heavy atom. The minimum absolute atomic E-state index is 0.743. The molecule has 8 heteroatoms. The molecular weight excluding hydrogens is 378 g/mol. The van der Waals surface area contributed by atoms with Crippen LogP contribution in [0, 0.1) is 13.8 Å². The molecule has 2 saturated heterocycles. The largest absolute Gasteiger partial charge is 0.439 e. The van der Waals surface area contributed by atoms with Gasteiger partial charge in [0.2, 0.25) is 5.89 Å². The van der Waals surface area contributed by atoms with E-state index < -0.39 is 0 Å². The number of fused-ring (bicyclic) bond motifs is 1. The van der Waals surface area contributed by atoms with Crippen molar-refractivity contribution in [3.05, 3.63) is 41.7 Å². The number of aromatic nitrogens is 3. The zero-order valence-electron chi connectivity index (χ0n) is 17.8. The van der Waals surface area contributed by atoms with Crippen LogP contribution in [0.15, 0.2) is 28.9 Å². The van der Waals surface area contributed by atoms with Crippen LogP contribution >= 0.6 is 0 Å². The van der Waals surface area contributed by atoms with Gasteiger partial charge in [-0.3, -0.25) is 4.90 Å². The van der Waals surface area contributed by atoms with E-state index in [0.717, 1.165) is 87.4 Å². The van der Waals surface area contributed by atoms with Gasteiger partial charge in [-0.2, -0.15) is 0 Å². The van der Waals surface area contributed by atoms with Crippen LogP contribution in [0.5, 0.6) is 0 Å². The van der Waals surface area contributed by atoms with Gasteiger partial charge >= 0.3 is 0 Å². The summed E-state index contributed by atoms with van der Waals surface area (Å²) in [6.45, 7) is 12.8. The fourth-order valence-electron chi connectivity index (χ4n) is 4.30.